The lowest BCUT2D eigenvalue weighted by atomic mass is 10.2. The monoisotopic (exact) mass is 307 g/mol. The third-order valence-electron chi connectivity index (χ3n) is 2.26. The molecule has 1 aromatic heterocycles. The smallest absolute Gasteiger partial charge is 0.322 e. The highest BCUT2D eigenvalue weighted by molar-refractivity contribution is 7.89. The first-order chi connectivity index (χ1) is 8.63. The van der Waals surface area contributed by atoms with Crippen LogP contribution in [0.15, 0.2) is 11.0 Å². The molecule has 1 aromatic rings. The molecule has 1 heterocycles. The molecular weight excluding hydrogens is 294 g/mol. The van der Waals surface area contributed by atoms with Gasteiger partial charge in [-0.05, 0) is 19.9 Å². The molecular formula is C10H13NO6S2. The van der Waals surface area contributed by atoms with E-state index in [1.807, 2.05) is 4.72 Å². The molecule has 0 spiro atoms. The van der Waals surface area contributed by atoms with E-state index in [2.05, 4.69) is 0 Å². The van der Waals surface area contributed by atoms with E-state index < -0.39 is 34.4 Å². The highest BCUT2D eigenvalue weighted by Gasteiger charge is 2.29. The zero-order valence-electron chi connectivity index (χ0n) is 10.2. The summed E-state index contributed by atoms with van der Waals surface area (Å²) < 4.78 is 25.9. The van der Waals surface area contributed by atoms with Crippen molar-refractivity contribution < 1.29 is 28.2 Å². The molecule has 0 saturated heterocycles. The van der Waals surface area contributed by atoms with Crippen molar-refractivity contribution in [2.24, 2.45) is 0 Å². The van der Waals surface area contributed by atoms with Crippen LogP contribution in [0, 0.1) is 13.8 Å². The van der Waals surface area contributed by atoms with Crippen molar-refractivity contribution in [3.8, 4) is 0 Å². The highest BCUT2D eigenvalue weighted by atomic mass is 32.2. The van der Waals surface area contributed by atoms with Crippen molar-refractivity contribution in [3.63, 3.8) is 0 Å². The average Bonchev–Trinajstić information content (AvgIpc) is 2.56. The molecule has 0 bridgehead atoms. The number of nitrogens with one attached hydrogen (secondary N) is 1. The summed E-state index contributed by atoms with van der Waals surface area (Å²) in [5.74, 6) is -2.93. The summed E-state index contributed by atoms with van der Waals surface area (Å²) in [4.78, 5) is 22.6. The van der Waals surface area contributed by atoms with E-state index in [1.165, 1.54) is 17.4 Å². The molecule has 0 saturated carbocycles. The van der Waals surface area contributed by atoms with Gasteiger partial charge in [-0.1, -0.05) is 0 Å². The van der Waals surface area contributed by atoms with Crippen LogP contribution in [-0.4, -0.2) is 36.6 Å². The molecule has 9 heteroatoms. The summed E-state index contributed by atoms with van der Waals surface area (Å²) in [7, 11) is -4.04. The number of thiophene rings is 1. The van der Waals surface area contributed by atoms with Crippen molar-refractivity contribution in [3.05, 3.63) is 15.8 Å². The van der Waals surface area contributed by atoms with Crippen LogP contribution in [0.3, 0.4) is 0 Å². The van der Waals surface area contributed by atoms with Gasteiger partial charge < -0.3 is 10.2 Å². The Morgan fingerprint density at radius 2 is 1.95 bits per heavy atom. The Morgan fingerprint density at radius 1 is 1.37 bits per heavy atom. The second-order valence-corrected chi connectivity index (χ2v) is 7.03. The molecule has 19 heavy (non-hydrogen) atoms. The predicted molar refractivity (Wildman–Crippen MR) is 67.8 cm³/mol. The Bertz CT molecular complexity index is 604. The van der Waals surface area contributed by atoms with E-state index >= 15 is 0 Å². The number of carboxylic acids is 2. The summed E-state index contributed by atoms with van der Waals surface area (Å²) >= 11 is 1.26. The lowest BCUT2D eigenvalue weighted by Crippen LogP contribution is -2.42. The minimum atomic E-state index is -4.04. The molecule has 1 rings (SSSR count). The Morgan fingerprint density at radius 3 is 2.32 bits per heavy atom. The fourth-order valence-electron chi connectivity index (χ4n) is 1.48. The number of hydrogen-bond donors (Lipinski definition) is 3. The van der Waals surface area contributed by atoms with E-state index in [1.54, 1.807) is 13.8 Å². The Balaban J connectivity index is 3.04. The van der Waals surface area contributed by atoms with Gasteiger partial charge in [0.05, 0.1) is 11.3 Å². The van der Waals surface area contributed by atoms with E-state index in [4.69, 9.17) is 10.2 Å². The van der Waals surface area contributed by atoms with Crippen molar-refractivity contribution in [1.82, 2.24) is 4.72 Å². The molecule has 1 atom stereocenters. The fourth-order valence-corrected chi connectivity index (χ4v) is 4.22. The topological polar surface area (TPSA) is 121 Å². The van der Waals surface area contributed by atoms with Crippen LogP contribution in [0.2, 0.25) is 0 Å². The molecule has 0 aromatic carbocycles. The molecule has 1 unspecified atom stereocenters. The fraction of sp³-hybridized carbons (Fsp3) is 0.400. The van der Waals surface area contributed by atoms with Gasteiger partial charge in [0, 0.05) is 9.75 Å². The maximum absolute atomic E-state index is 12.0. The molecule has 3 N–H and O–H groups in total. The molecule has 7 nitrogen and oxygen atoms in total. The first-order valence-electron chi connectivity index (χ1n) is 5.17. The first kappa shape index (κ1) is 15.6. The predicted octanol–water partition coefficient (Wildman–Crippen LogP) is 0.571. The molecule has 0 aliphatic heterocycles. The number of aliphatic carboxylic acids is 2. The van der Waals surface area contributed by atoms with Gasteiger partial charge in [0.1, 0.15) is 6.04 Å². The highest BCUT2D eigenvalue weighted by Crippen LogP contribution is 2.25. The second kappa shape index (κ2) is 5.68. The van der Waals surface area contributed by atoms with E-state index in [-0.39, 0.29) is 4.90 Å². The van der Waals surface area contributed by atoms with E-state index in [0.717, 1.165) is 4.88 Å². The average molecular weight is 307 g/mol. The standard InChI is InChI=1S/C10H13NO6S2/c1-5-3-8(6(2)18-5)19(16,17)11-7(10(14)15)4-9(12)13/h3,7,11H,4H2,1-2H3,(H,12,13)(H,14,15). The van der Waals surface area contributed by atoms with Gasteiger partial charge in [-0.2, -0.15) is 4.72 Å². The second-order valence-electron chi connectivity index (χ2n) is 3.89. The van der Waals surface area contributed by atoms with Crippen LogP contribution in [0.1, 0.15) is 16.2 Å². The third-order valence-corrected chi connectivity index (χ3v) is 4.95. The number of sulfonamides is 1. The summed E-state index contributed by atoms with van der Waals surface area (Å²) in [6.45, 7) is 3.32. The number of aryl methyl sites for hydroxylation is 2. The largest absolute Gasteiger partial charge is 0.481 e. The van der Waals surface area contributed by atoms with E-state index in [0.29, 0.717) is 4.88 Å². The third kappa shape index (κ3) is 4.01. The molecule has 0 fully saturated rings. The zero-order chi connectivity index (χ0) is 14.8. The normalized spacial score (nSPS) is 13.2. The van der Waals surface area contributed by atoms with Gasteiger partial charge in [0.15, 0.2) is 0 Å². The maximum atomic E-state index is 12.0. The van der Waals surface area contributed by atoms with Gasteiger partial charge >= 0.3 is 11.9 Å². The lowest BCUT2D eigenvalue weighted by Gasteiger charge is -2.12. The summed E-state index contributed by atoms with van der Waals surface area (Å²) in [5.41, 5.74) is 0. The van der Waals surface area contributed by atoms with Crippen molar-refractivity contribution in [1.29, 1.82) is 0 Å². The van der Waals surface area contributed by atoms with E-state index in [9.17, 15) is 18.0 Å². The van der Waals surface area contributed by atoms with Crippen molar-refractivity contribution in [2.75, 3.05) is 0 Å². The van der Waals surface area contributed by atoms with Crippen LogP contribution in [0.5, 0.6) is 0 Å². The molecule has 106 valence electrons. The summed E-state index contributed by atoms with van der Waals surface area (Å²) in [5, 5.41) is 17.4. The zero-order valence-corrected chi connectivity index (χ0v) is 11.8. The molecule has 0 aliphatic rings. The number of carbonyl (C=O) groups is 2. The van der Waals surface area contributed by atoms with Crippen LogP contribution in [-0.2, 0) is 19.6 Å². The number of hydrogen-bond acceptors (Lipinski definition) is 5. The first-order valence-corrected chi connectivity index (χ1v) is 7.47. The molecule has 0 radical (unpaired) electrons. The quantitative estimate of drug-likeness (QED) is 0.706. The molecule has 0 amide bonds. The van der Waals surface area contributed by atoms with Crippen molar-refractivity contribution >= 4 is 33.3 Å². The van der Waals surface area contributed by atoms with Gasteiger partial charge in [-0.15, -0.1) is 11.3 Å². The van der Waals surface area contributed by atoms with Gasteiger partial charge in [0.2, 0.25) is 10.0 Å². The van der Waals surface area contributed by atoms with Crippen LogP contribution in [0.4, 0.5) is 0 Å². The van der Waals surface area contributed by atoms with Crippen LogP contribution in [0.25, 0.3) is 0 Å². The summed E-state index contributed by atoms with van der Waals surface area (Å²) in [6, 6.07) is -0.274. The van der Waals surface area contributed by atoms with Crippen LogP contribution < -0.4 is 4.72 Å². The minimum Gasteiger partial charge on any atom is -0.481 e. The number of rotatable bonds is 6. The SMILES string of the molecule is Cc1cc(S(=O)(=O)NC(CC(=O)O)C(=O)O)c(C)s1. The van der Waals surface area contributed by atoms with Crippen LogP contribution >= 0.6 is 11.3 Å². The minimum absolute atomic E-state index is 0.0216. The maximum Gasteiger partial charge on any atom is 0.322 e. The summed E-state index contributed by atoms with van der Waals surface area (Å²) in [6.07, 6.45) is -0.823. The lowest BCUT2D eigenvalue weighted by molar-refractivity contribution is -0.145. The Labute approximate surface area is 113 Å². The van der Waals surface area contributed by atoms with Gasteiger partial charge in [-0.3, -0.25) is 9.59 Å². The number of carboxylic acid groups (broad SMARTS) is 2. The van der Waals surface area contributed by atoms with Crippen molar-refractivity contribution in [2.45, 2.75) is 31.2 Å². The molecule has 0 aliphatic carbocycles. The van der Waals surface area contributed by atoms with Gasteiger partial charge in [0.25, 0.3) is 0 Å². The van der Waals surface area contributed by atoms with Gasteiger partial charge in [-0.25, -0.2) is 8.42 Å². The Hall–Kier alpha value is -1.45. The Kier molecular flexibility index (Phi) is 4.66.